The van der Waals surface area contributed by atoms with Crippen molar-refractivity contribution in [1.82, 2.24) is 4.90 Å². The van der Waals surface area contributed by atoms with Crippen LogP contribution in [0.25, 0.3) is 10.8 Å². The van der Waals surface area contributed by atoms with Crippen molar-refractivity contribution in [3.05, 3.63) is 35.4 Å². The van der Waals surface area contributed by atoms with E-state index in [-0.39, 0.29) is 6.09 Å². The summed E-state index contributed by atoms with van der Waals surface area (Å²) in [4.78, 5) is 13.7. The van der Waals surface area contributed by atoms with Crippen molar-refractivity contribution in [2.75, 3.05) is 34.4 Å². The SMILES string of the molecule is COC(=O)N1CCCc2ccc3c(OC)c(OC)cc(c3c2)CC1. The van der Waals surface area contributed by atoms with Crippen LogP contribution in [0.2, 0.25) is 0 Å². The predicted octanol–water partition coefficient (Wildman–Crippen LogP) is 3.41. The molecule has 0 fully saturated rings. The van der Waals surface area contributed by atoms with Gasteiger partial charge < -0.3 is 19.1 Å². The van der Waals surface area contributed by atoms with Crippen LogP contribution in [0.15, 0.2) is 24.3 Å². The molecule has 0 radical (unpaired) electrons. The van der Waals surface area contributed by atoms with E-state index in [4.69, 9.17) is 14.2 Å². The van der Waals surface area contributed by atoms with Crippen LogP contribution in [0.5, 0.6) is 11.5 Å². The van der Waals surface area contributed by atoms with E-state index in [1.807, 2.05) is 6.07 Å². The summed E-state index contributed by atoms with van der Waals surface area (Å²) in [5.74, 6) is 1.47. The lowest BCUT2D eigenvalue weighted by atomic mass is 9.96. The number of hydrogen-bond donors (Lipinski definition) is 0. The zero-order chi connectivity index (χ0) is 17.1. The molecule has 0 unspecified atom stereocenters. The van der Waals surface area contributed by atoms with Gasteiger partial charge >= 0.3 is 6.09 Å². The molecule has 0 saturated heterocycles. The molecule has 2 bridgehead atoms. The van der Waals surface area contributed by atoms with Crippen LogP contribution in [-0.4, -0.2) is 45.4 Å². The summed E-state index contributed by atoms with van der Waals surface area (Å²) in [7, 11) is 4.73. The molecule has 1 heterocycles. The van der Waals surface area contributed by atoms with Gasteiger partial charge in [0.15, 0.2) is 11.5 Å². The normalized spacial score (nSPS) is 14.5. The number of methoxy groups -OCH3 is 3. The zero-order valence-electron chi connectivity index (χ0n) is 14.4. The fourth-order valence-corrected chi connectivity index (χ4v) is 3.37. The van der Waals surface area contributed by atoms with E-state index in [2.05, 4.69) is 18.2 Å². The summed E-state index contributed by atoms with van der Waals surface area (Å²) in [6.07, 6.45) is 2.33. The molecule has 0 spiro atoms. The van der Waals surface area contributed by atoms with Gasteiger partial charge in [0.05, 0.1) is 21.3 Å². The summed E-state index contributed by atoms with van der Waals surface area (Å²) in [6, 6.07) is 8.48. The molecule has 0 aromatic heterocycles. The number of hydrogen-bond acceptors (Lipinski definition) is 4. The van der Waals surface area contributed by atoms with Crippen LogP contribution in [0.4, 0.5) is 4.79 Å². The topological polar surface area (TPSA) is 48.0 Å². The molecule has 128 valence electrons. The lowest BCUT2D eigenvalue weighted by Gasteiger charge is -2.23. The first-order chi connectivity index (χ1) is 11.7. The highest BCUT2D eigenvalue weighted by atomic mass is 16.5. The number of carbonyl (C=O) groups is 1. The highest BCUT2D eigenvalue weighted by Gasteiger charge is 2.19. The zero-order valence-corrected chi connectivity index (χ0v) is 14.4. The third-order valence-corrected chi connectivity index (χ3v) is 4.61. The second kappa shape index (κ2) is 6.99. The second-order valence-corrected chi connectivity index (χ2v) is 5.96. The van der Waals surface area contributed by atoms with Crippen LogP contribution in [0, 0.1) is 0 Å². The van der Waals surface area contributed by atoms with Crippen molar-refractivity contribution in [3.8, 4) is 11.5 Å². The van der Waals surface area contributed by atoms with E-state index in [0.29, 0.717) is 13.1 Å². The van der Waals surface area contributed by atoms with Crippen LogP contribution in [0.1, 0.15) is 17.5 Å². The lowest BCUT2D eigenvalue weighted by Crippen LogP contribution is -2.34. The molecule has 5 heteroatoms. The van der Waals surface area contributed by atoms with E-state index in [9.17, 15) is 4.79 Å². The minimum Gasteiger partial charge on any atom is -0.493 e. The van der Waals surface area contributed by atoms with Crippen molar-refractivity contribution >= 4 is 16.9 Å². The Kier molecular flexibility index (Phi) is 4.79. The Morgan fingerprint density at radius 1 is 1.00 bits per heavy atom. The van der Waals surface area contributed by atoms with Crippen LogP contribution in [-0.2, 0) is 17.6 Å². The number of rotatable bonds is 2. The number of ether oxygens (including phenoxy) is 3. The van der Waals surface area contributed by atoms with Crippen LogP contribution >= 0.6 is 0 Å². The molecule has 2 aromatic rings. The van der Waals surface area contributed by atoms with Gasteiger partial charge in [-0.3, -0.25) is 0 Å². The molecule has 1 amide bonds. The molecule has 24 heavy (non-hydrogen) atoms. The maximum atomic E-state index is 12.0. The summed E-state index contributed by atoms with van der Waals surface area (Å²) in [5.41, 5.74) is 2.42. The van der Waals surface area contributed by atoms with E-state index in [0.717, 1.165) is 47.1 Å². The average molecular weight is 329 g/mol. The van der Waals surface area contributed by atoms with Crippen molar-refractivity contribution in [2.45, 2.75) is 19.3 Å². The van der Waals surface area contributed by atoms with Gasteiger partial charge in [0, 0.05) is 18.5 Å². The first-order valence-corrected chi connectivity index (χ1v) is 8.17. The number of amides is 1. The van der Waals surface area contributed by atoms with Gasteiger partial charge in [-0.1, -0.05) is 18.2 Å². The molecule has 0 N–H and O–H groups in total. The fraction of sp³-hybridized carbons (Fsp3) is 0.421. The lowest BCUT2D eigenvalue weighted by molar-refractivity contribution is 0.123. The Bertz CT molecular complexity index is 757. The van der Waals surface area contributed by atoms with Gasteiger partial charge in [0.25, 0.3) is 0 Å². The number of aryl methyl sites for hydroxylation is 1. The van der Waals surface area contributed by atoms with E-state index >= 15 is 0 Å². The molecule has 0 aliphatic carbocycles. The van der Waals surface area contributed by atoms with Gasteiger partial charge in [0.1, 0.15) is 0 Å². The number of nitrogens with zero attached hydrogens (tertiary/aromatic N) is 1. The first kappa shape index (κ1) is 16.4. The monoisotopic (exact) mass is 329 g/mol. The highest BCUT2D eigenvalue weighted by Crippen LogP contribution is 2.38. The fourth-order valence-electron chi connectivity index (χ4n) is 3.37. The molecular weight excluding hydrogens is 306 g/mol. The molecule has 1 aliphatic heterocycles. The predicted molar refractivity (Wildman–Crippen MR) is 93.1 cm³/mol. The quantitative estimate of drug-likeness (QED) is 0.847. The van der Waals surface area contributed by atoms with E-state index < -0.39 is 0 Å². The Hall–Kier alpha value is -2.43. The summed E-state index contributed by atoms with van der Waals surface area (Å²) in [6.45, 7) is 1.33. The van der Waals surface area contributed by atoms with Gasteiger partial charge in [-0.05, 0) is 41.8 Å². The molecular formula is C19H23NO4. The molecule has 2 aromatic carbocycles. The summed E-state index contributed by atoms with van der Waals surface area (Å²) >= 11 is 0. The molecule has 3 rings (SSSR count). The maximum absolute atomic E-state index is 12.0. The van der Waals surface area contributed by atoms with Crippen molar-refractivity contribution in [3.63, 3.8) is 0 Å². The third kappa shape index (κ3) is 2.98. The molecule has 0 atom stereocenters. The number of fused-ring (bicyclic) bond motifs is 1. The Balaban J connectivity index is 2.10. The standard InChI is InChI=1S/C19H23NO4/c1-22-17-12-14-8-10-20(19(21)24-3)9-4-5-13-6-7-15(16(14)11-13)18(17)23-2/h6-7,11-12H,4-5,8-10H2,1-3H3. The average Bonchev–Trinajstić information content (AvgIpc) is 2.62. The van der Waals surface area contributed by atoms with Crippen LogP contribution in [0.3, 0.4) is 0 Å². The minimum atomic E-state index is -0.268. The third-order valence-electron chi connectivity index (χ3n) is 4.61. The largest absolute Gasteiger partial charge is 0.493 e. The second-order valence-electron chi connectivity index (χ2n) is 5.96. The van der Waals surface area contributed by atoms with Gasteiger partial charge in [-0.25, -0.2) is 4.79 Å². The Morgan fingerprint density at radius 3 is 2.54 bits per heavy atom. The van der Waals surface area contributed by atoms with E-state index in [1.165, 1.54) is 12.7 Å². The first-order valence-electron chi connectivity index (χ1n) is 8.17. The smallest absolute Gasteiger partial charge is 0.409 e. The molecule has 1 aliphatic rings. The van der Waals surface area contributed by atoms with Gasteiger partial charge in [0.2, 0.25) is 0 Å². The Morgan fingerprint density at radius 2 is 1.83 bits per heavy atom. The van der Waals surface area contributed by atoms with Crippen molar-refractivity contribution in [1.29, 1.82) is 0 Å². The highest BCUT2D eigenvalue weighted by molar-refractivity contribution is 5.94. The molecule has 0 saturated carbocycles. The van der Waals surface area contributed by atoms with Gasteiger partial charge in [-0.2, -0.15) is 0 Å². The molecule has 5 nitrogen and oxygen atoms in total. The number of carbonyl (C=O) groups excluding carboxylic acids is 1. The minimum absolute atomic E-state index is 0.268. The van der Waals surface area contributed by atoms with Gasteiger partial charge in [-0.15, -0.1) is 0 Å². The van der Waals surface area contributed by atoms with Crippen molar-refractivity contribution < 1.29 is 19.0 Å². The van der Waals surface area contributed by atoms with Crippen LogP contribution < -0.4 is 9.47 Å². The maximum Gasteiger partial charge on any atom is 0.409 e. The van der Waals surface area contributed by atoms with Crippen molar-refractivity contribution in [2.24, 2.45) is 0 Å². The summed E-state index contributed by atoms with van der Waals surface area (Å²) < 4.78 is 16.0. The van der Waals surface area contributed by atoms with E-state index in [1.54, 1.807) is 19.1 Å². The number of benzene rings is 2. The summed E-state index contributed by atoms with van der Waals surface area (Å²) in [5, 5.41) is 2.21. The Labute approximate surface area is 142 Å².